The predicted octanol–water partition coefficient (Wildman–Crippen LogP) is 0.968. The second kappa shape index (κ2) is 5.28. The molecule has 0 aromatic carbocycles. The summed E-state index contributed by atoms with van der Waals surface area (Å²) in [4.78, 5) is 27.2. The summed E-state index contributed by atoms with van der Waals surface area (Å²) in [5.74, 6) is 0.868. The lowest BCUT2D eigenvalue weighted by molar-refractivity contribution is 0.130. The molecule has 3 N–H and O–H groups in total. The monoisotopic (exact) mass is 302 g/mol. The molecule has 3 rings (SSSR count). The molecule has 22 heavy (non-hydrogen) atoms. The maximum absolute atomic E-state index is 11.0. The van der Waals surface area contributed by atoms with Crippen molar-refractivity contribution in [3.63, 3.8) is 0 Å². The Labute approximate surface area is 127 Å². The standard InChI is InChI=1S/C14H18N6O2/c1-3-8-4-10-11(16-5-8)12(18-13(15)17-10)20-6-9(7-20)19(2)14(21)22/h4-5,9H,3,6-7H2,1-2H3,(H,21,22)(H2,15,17,18). The van der Waals surface area contributed by atoms with Crippen molar-refractivity contribution >= 4 is 28.9 Å². The Kier molecular flexibility index (Phi) is 3.44. The zero-order valence-electron chi connectivity index (χ0n) is 12.5. The maximum atomic E-state index is 11.0. The molecule has 2 aromatic heterocycles. The maximum Gasteiger partial charge on any atom is 0.407 e. The number of carbonyl (C=O) groups is 1. The van der Waals surface area contributed by atoms with E-state index >= 15 is 0 Å². The molecular weight excluding hydrogens is 284 g/mol. The predicted molar refractivity (Wildman–Crippen MR) is 82.9 cm³/mol. The highest BCUT2D eigenvalue weighted by Gasteiger charge is 2.34. The summed E-state index contributed by atoms with van der Waals surface area (Å²) in [5, 5.41) is 9.00. The summed E-state index contributed by atoms with van der Waals surface area (Å²) in [5.41, 5.74) is 8.30. The molecule has 1 saturated heterocycles. The molecule has 116 valence electrons. The molecule has 3 heterocycles. The summed E-state index contributed by atoms with van der Waals surface area (Å²) >= 11 is 0. The van der Waals surface area contributed by atoms with Gasteiger partial charge in [0.05, 0.1) is 11.6 Å². The number of nitrogens with zero attached hydrogens (tertiary/aromatic N) is 5. The minimum absolute atomic E-state index is 0.0429. The van der Waals surface area contributed by atoms with Gasteiger partial charge in [0.25, 0.3) is 0 Å². The van der Waals surface area contributed by atoms with Crippen LogP contribution in [0, 0.1) is 0 Å². The third-order valence-corrected chi connectivity index (χ3v) is 4.01. The number of nitrogens with two attached hydrogens (primary N) is 1. The van der Waals surface area contributed by atoms with Gasteiger partial charge in [-0.3, -0.25) is 4.98 Å². The van der Waals surface area contributed by atoms with Gasteiger partial charge in [0.2, 0.25) is 5.95 Å². The zero-order chi connectivity index (χ0) is 15.9. The highest BCUT2D eigenvalue weighted by molar-refractivity contribution is 5.87. The largest absolute Gasteiger partial charge is 0.465 e. The number of aryl methyl sites for hydroxylation is 1. The third kappa shape index (κ3) is 2.36. The molecule has 1 aliphatic rings. The summed E-state index contributed by atoms with van der Waals surface area (Å²) in [6, 6.07) is 1.92. The van der Waals surface area contributed by atoms with Crippen LogP contribution in [0.15, 0.2) is 12.3 Å². The van der Waals surface area contributed by atoms with Crippen LogP contribution in [0.3, 0.4) is 0 Å². The first kappa shape index (κ1) is 14.3. The molecule has 1 aliphatic heterocycles. The van der Waals surface area contributed by atoms with Gasteiger partial charge in [-0.05, 0) is 18.1 Å². The van der Waals surface area contributed by atoms with Crippen molar-refractivity contribution in [3.8, 4) is 0 Å². The first-order valence-corrected chi connectivity index (χ1v) is 7.12. The number of fused-ring (bicyclic) bond motifs is 1. The zero-order valence-corrected chi connectivity index (χ0v) is 12.5. The number of amides is 1. The lowest BCUT2D eigenvalue weighted by Crippen LogP contribution is -2.60. The number of hydrogen-bond donors (Lipinski definition) is 2. The fourth-order valence-corrected chi connectivity index (χ4v) is 2.51. The number of likely N-dealkylation sites (N-methyl/N-ethyl adjacent to an activating group) is 1. The second-order valence-corrected chi connectivity index (χ2v) is 5.42. The molecule has 1 amide bonds. The van der Waals surface area contributed by atoms with Crippen LogP contribution in [-0.4, -0.2) is 57.2 Å². The smallest absolute Gasteiger partial charge is 0.407 e. The quantitative estimate of drug-likeness (QED) is 0.869. The van der Waals surface area contributed by atoms with Crippen molar-refractivity contribution in [1.82, 2.24) is 19.9 Å². The van der Waals surface area contributed by atoms with E-state index in [1.54, 1.807) is 7.05 Å². The summed E-state index contributed by atoms with van der Waals surface area (Å²) in [7, 11) is 1.57. The Bertz CT molecular complexity index is 729. The number of pyridine rings is 1. The first-order valence-electron chi connectivity index (χ1n) is 7.12. The molecule has 8 nitrogen and oxygen atoms in total. The van der Waals surface area contributed by atoms with E-state index in [0.29, 0.717) is 24.4 Å². The van der Waals surface area contributed by atoms with Crippen molar-refractivity contribution in [3.05, 3.63) is 17.8 Å². The minimum Gasteiger partial charge on any atom is -0.465 e. The van der Waals surface area contributed by atoms with Crippen LogP contribution in [0.4, 0.5) is 16.6 Å². The minimum atomic E-state index is -0.928. The van der Waals surface area contributed by atoms with Gasteiger partial charge in [-0.25, -0.2) is 9.78 Å². The van der Waals surface area contributed by atoms with Crippen LogP contribution in [0.25, 0.3) is 11.0 Å². The van der Waals surface area contributed by atoms with Crippen LogP contribution in [-0.2, 0) is 6.42 Å². The van der Waals surface area contributed by atoms with E-state index in [4.69, 9.17) is 10.8 Å². The third-order valence-electron chi connectivity index (χ3n) is 4.01. The molecule has 2 aromatic rings. The Hall–Kier alpha value is -2.64. The van der Waals surface area contributed by atoms with E-state index in [1.165, 1.54) is 4.90 Å². The number of anilines is 2. The lowest BCUT2D eigenvalue weighted by atomic mass is 10.1. The number of aromatic nitrogens is 3. The number of carboxylic acid groups (broad SMARTS) is 1. The summed E-state index contributed by atoms with van der Waals surface area (Å²) < 4.78 is 0. The van der Waals surface area contributed by atoms with Gasteiger partial charge in [-0.2, -0.15) is 4.98 Å². The molecule has 0 spiro atoms. The molecular formula is C14H18N6O2. The van der Waals surface area contributed by atoms with E-state index in [0.717, 1.165) is 17.5 Å². The molecule has 8 heteroatoms. The summed E-state index contributed by atoms with van der Waals surface area (Å²) in [6.45, 7) is 3.20. The SMILES string of the molecule is CCc1cnc2c(N3CC(N(C)C(=O)O)C3)nc(N)nc2c1. The molecule has 0 atom stereocenters. The van der Waals surface area contributed by atoms with Crippen molar-refractivity contribution in [2.75, 3.05) is 30.8 Å². The molecule has 0 bridgehead atoms. The number of rotatable bonds is 3. The molecule has 1 fully saturated rings. The van der Waals surface area contributed by atoms with Crippen molar-refractivity contribution in [2.24, 2.45) is 0 Å². The van der Waals surface area contributed by atoms with Crippen molar-refractivity contribution in [1.29, 1.82) is 0 Å². The van der Waals surface area contributed by atoms with Crippen LogP contribution in [0.5, 0.6) is 0 Å². The van der Waals surface area contributed by atoms with Crippen molar-refractivity contribution in [2.45, 2.75) is 19.4 Å². The first-order chi connectivity index (χ1) is 10.5. The van der Waals surface area contributed by atoms with E-state index < -0.39 is 6.09 Å². The Balaban J connectivity index is 1.90. The topological polar surface area (TPSA) is 108 Å². The number of hydrogen-bond acceptors (Lipinski definition) is 6. The van der Waals surface area contributed by atoms with E-state index in [-0.39, 0.29) is 12.0 Å². The molecule has 0 saturated carbocycles. The summed E-state index contributed by atoms with van der Waals surface area (Å²) in [6.07, 6.45) is 1.76. The van der Waals surface area contributed by atoms with Crippen LogP contribution < -0.4 is 10.6 Å². The van der Waals surface area contributed by atoms with Gasteiger partial charge in [-0.1, -0.05) is 6.92 Å². The number of nitrogen functional groups attached to an aromatic ring is 1. The Morgan fingerprint density at radius 1 is 1.50 bits per heavy atom. The van der Waals surface area contributed by atoms with Crippen LogP contribution in [0.1, 0.15) is 12.5 Å². The fraction of sp³-hybridized carbons (Fsp3) is 0.429. The van der Waals surface area contributed by atoms with Gasteiger partial charge in [-0.15, -0.1) is 0 Å². The highest BCUT2D eigenvalue weighted by atomic mass is 16.4. The van der Waals surface area contributed by atoms with Crippen LogP contribution >= 0.6 is 0 Å². The average Bonchev–Trinajstić information content (AvgIpc) is 2.44. The highest BCUT2D eigenvalue weighted by Crippen LogP contribution is 2.28. The molecule has 0 unspecified atom stereocenters. The van der Waals surface area contributed by atoms with Crippen molar-refractivity contribution < 1.29 is 9.90 Å². The van der Waals surface area contributed by atoms with E-state index in [2.05, 4.69) is 21.9 Å². The molecule has 0 radical (unpaired) electrons. The average molecular weight is 302 g/mol. The van der Waals surface area contributed by atoms with Gasteiger partial charge in [0, 0.05) is 26.3 Å². The fourth-order valence-electron chi connectivity index (χ4n) is 2.51. The Morgan fingerprint density at radius 3 is 2.86 bits per heavy atom. The molecule has 0 aliphatic carbocycles. The van der Waals surface area contributed by atoms with Gasteiger partial charge in [0.1, 0.15) is 5.52 Å². The van der Waals surface area contributed by atoms with E-state index in [9.17, 15) is 4.79 Å². The Morgan fingerprint density at radius 2 is 2.23 bits per heavy atom. The normalized spacial score (nSPS) is 14.9. The van der Waals surface area contributed by atoms with Gasteiger partial charge >= 0.3 is 6.09 Å². The van der Waals surface area contributed by atoms with Gasteiger partial charge < -0.3 is 20.6 Å². The van der Waals surface area contributed by atoms with E-state index in [1.807, 2.05) is 17.2 Å². The van der Waals surface area contributed by atoms with Gasteiger partial charge in [0.15, 0.2) is 5.82 Å². The van der Waals surface area contributed by atoms with Crippen LogP contribution in [0.2, 0.25) is 0 Å². The lowest BCUT2D eigenvalue weighted by Gasteiger charge is -2.43. The second-order valence-electron chi connectivity index (χ2n) is 5.42.